The van der Waals surface area contributed by atoms with Crippen LogP contribution in [0.3, 0.4) is 0 Å². The first kappa shape index (κ1) is 12.3. The van der Waals surface area contributed by atoms with Crippen LogP contribution in [0, 0.1) is 0 Å². The fraction of sp³-hybridized carbons (Fsp3) is 0.857. The van der Waals surface area contributed by atoms with E-state index in [-0.39, 0.29) is 6.54 Å². The number of hydrogen-bond acceptors (Lipinski definition) is 5. The standard InChI is InChI=1S/C7H15NO5/c1-4(10)6(12)7(13)8-2-5(11)3-9/h4-6,9-12H,2-3H2,1H3,(H,8,13)/t4-,5+,6+/m0/s1. The Hall–Kier alpha value is -0.690. The van der Waals surface area contributed by atoms with Crippen LogP contribution in [0.2, 0.25) is 0 Å². The predicted molar refractivity (Wildman–Crippen MR) is 43.8 cm³/mol. The second-order valence-corrected chi connectivity index (χ2v) is 2.77. The normalized spacial score (nSPS) is 17.6. The Kier molecular flexibility index (Phi) is 5.56. The van der Waals surface area contributed by atoms with Gasteiger partial charge < -0.3 is 25.7 Å². The summed E-state index contributed by atoms with van der Waals surface area (Å²) in [6.45, 7) is 0.650. The maximum atomic E-state index is 10.9. The summed E-state index contributed by atoms with van der Waals surface area (Å²) in [5, 5.41) is 37.1. The highest BCUT2D eigenvalue weighted by molar-refractivity contribution is 5.81. The van der Waals surface area contributed by atoms with E-state index in [0.717, 1.165) is 0 Å². The summed E-state index contributed by atoms with van der Waals surface area (Å²) in [7, 11) is 0. The van der Waals surface area contributed by atoms with E-state index in [1.807, 2.05) is 0 Å². The molecule has 0 unspecified atom stereocenters. The molecule has 0 spiro atoms. The van der Waals surface area contributed by atoms with Crippen LogP contribution >= 0.6 is 0 Å². The number of carbonyl (C=O) groups excluding carboxylic acids is 1. The summed E-state index contributed by atoms with van der Waals surface area (Å²) in [6.07, 6.45) is -3.72. The van der Waals surface area contributed by atoms with Crippen molar-refractivity contribution in [1.82, 2.24) is 5.32 Å². The molecule has 78 valence electrons. The van der Waals surface area contributed by atoms with E-state index >= 15 is 0 Å². The van der Waals surface area contributed by atoms with Gasteiger partial charge in [0.15, 0.2) is 6.10 Å². The molecule has 13 heavy (non-hydrogen) atoms. The van der Waals surface area contributed by atoms with E-state index in [4.69, 9.17) is 20.4 Å². The van der Waals surface area contributed by atoms with Crippen LogP contribution in [0.5, 0.6) is 0 Å². The maximum Gasteiger partial charge on any atom is 0.251 e. The topological polar surface area (TPSA) is 110 Å². The number of nitrogens with one attached hydrogen (secondary N) is 1. The first-order chi connectivity index (χ1) is 5.99. The predicted octanol–water partition coefficient (Wildman–Crippen LogP) is -2.80. The molecule has 3 atom stereocenters. The summed E-state index contributed by atoms with van der Waals surface area (Å²) < 4.78 is 0. The SMILES string of the molecule is C[C@H](O)[C@@H](O)C(=O)NC[C@@H](O)CO. The van der Waals surface area contributed by atoms with Crippen molar-refractivity contribution in [1.29, 1.82) is 0 Å². The second kappa shape index (κ2) is 5.87. The molecule has 0 saturated heterocycles. The van der Waals surface area contributed by atoms with Gasteiger partial charge in [-0.05, 0) is 6.92 Å². The highest BCUT2D eigenvalue weighted by atomic mass is 16.3. The van der Waals surface area contributed by atoms with Gasteiger partial charge in [-0.3, -0.25) is 4.79 Å². The van der Waals surface area contributed by atoms with Crippen LogP contribution in [0.1, 0.15) is 6.92 Å². The van der Waals surface area contributed by atoms with Gasteiger partial charge in [-0.15, -0.1) is 0 Å². The molecule has 0 saturated carbocycles. The number of rotatable bonds is 5. The molecule has 0 rings (SSSR count). The van der Waals surface area contributed by atoms with Crippen LogP contribution in [0.4, 0.5) is 0 Å². The van der Waals surface area contributed by atoms with Crippen molar-refractivity contribution >= 4 is 5.91 Å². The molecule has 0 bridgehead atoms. The highest BCUT2D eigenvalue weighted by Crippen LogP contribution is 1.91. The average molecular weight is 193 g/mol. The highest BCUT2D eigenvalue weighted by Gasteiger charge is 2.20. The number of aliphatic hydroxyl groups is 4. The Morgan fingerprint density at radius 3 is 2.31 bits per heavy atom. The fourth-order valence-electron chi connectivity index (χ4n) is 0.607. The minimum atomic E-state index is -1.51. The van der Waals surface area contributed by atoms with Gasteiger partial charge in [-0.25, -0.2) is 0 Å². The third-order valence-corrected chi connectivity index (χ3v) is 1.45. The van der Waals surface area contributed by atoms with Crippen molar-refractivity contribution in [2.24, 2.45) is 0 Å². The summed E-state index contributed by atoms with van der Waals surface area (Å²) in [5.41, 5.74) is 0. The molecule has 0 aliphatic carbocycles. The lowest BCUT2D eigenvalue weighted by Gasteiger charge is -2.14. The number of aliphatic hydroxyl groups excluding tert-OH is 4. The molecule has 0 aromatic rings. The van der Waals surface area contributed by atoms with Crippen LogP contribution < -0.4 is 5.32 Å². The molecule has 0 fully saturated rings. The van der Waals surface area contributed by atoms with E-state index in [1.54, 1.807) is 0 Å². The maximum absolute atomic E-state index is 10.9. The monoisotopic (exact) mass is 193 g/mol. The first-order valence-corrected chi connectivity index (χ1v) is 3.91. The molecule has 0 heterocycles. The number of amides is 1. The van der Waals surface area contributed by atoms with Gasteiger partial charge in [0.25, 0.3) is 5.91 Å². The third-order valence-electron chi connectivity index (χ3n) is 1.45. The molecule has 0 aromatic heterocycles. The Morgan fingerprint density at radius 2 is 1.92 bits per heavy atom. The van der Waals surface area contributed by atoms with Crippen LogP contribution in [0.25, 0.3) is 0 Å². The van der Waals surface area contributed by atoms with Gasteiger partial charge in [0.2, 0.25) is 0 Å². The molecular formula is C7H15NO5. The smallest absolute Gasteiger partial charge is 0.251 e. The summed E-state index contributed by atoms with van der Waals surface area (Å²) in [6, 6.07) is 0. The van der Waals surface area contributed by atoms with Crippen LogP contribution in [0.15, 0.2) is 0 Å². The van der Waals surface area contributed by atoms with E-state index in [0.29, 0.717) is 0 Å². The molecule has 0 aromatic carbocycles. The molecule has 0 aliphatic heterocycles. The minimum Gasteiger partial charge on any atom is -0.394 e. The fourth-order valence-corrected chi connectivity index (χ4v) is 0.607. The zero-order valence-corrected chi connectivity index (χ0v) is 7.34. The van der Waals surface area contributed by atoms with Gasteiger partial charge in [-0.1, -0.05) is 0 Å². The van der Waals surface area contributed by atoms with Crippen molar-refractivity contribution < 1.29 is 25.2 Å². The van der Waals surface area contributed by atoms with Gasteiger partial charge >= 0.3 is 0 Å². The lowest BCUT2D eigenvalue weighted by Crippen LogP contribution is -2.44. The average Bonchev–Trinajstić information content (AvgIpc) is 2.11. The molecule has 6 heteroatoms. The third kappa shape index (κ3) is 4.79. The molecule has 1 amide bonds. The van der Waals surface area contributed by atoms with Gasteiger partial charge in [-0.2, -0.15) is 0 Å². The van der Waals surface area contributed by atoms with E-state index < -0.39 is 30.8 Å². The van der Waals surface area contributed by atoms with Gasteiger partial charge in [0.1, 0.15) is 0 Å². The second-order valence-electron chi connectivity index (χ2n) is 2.77. The number of hydrogen-bond donors (Lipinski definition) is 5. The van der Waals surface area contributed by atoms with E-state index in [9.17, 15) is 4.79 Å². The summed E-state index contributed by atoms with van der Waals surface area (Å²) >= 11 is 0. The molecule has 0 radical (unpaired) electrons. The van der Waals surface area contributed by atoms with Gasteiger partial charge in [0.05, 0.1) is 18.8 Å². The Bertz CT molecular complexity index is 161. The largest absolute Gasteiger partial charge is 0.394 e. The Labute approximate surface area is 75.8 Å². The van der Waals surface area contributed by atoms with Crippen molar-refractivity contribution in [2.75, 3.05) is 13.2 Å². The Balaban J connectivity index is 3.74. The lowest BCUT2D eigenvalue weighted by atomic mass is 10.2. The van der Waals surface area contributed by atoms with Crippen molar-refractivity contribution in [3.05, 3.63) is 0 Å². The lowest BCUT2D eigenvalue weighted by molar-refractivity contribution is -0.134. The summed E-state index contributed by atoms with van der Waals surface area (Å²) in [4.78, 5) is 10.9. The van der Waals surface area contributed by atoms with Gasteiger partial charge in [0, 0.05) is 6.54 Å². The van der Waals surface area contributed by atoms with Crippen molar-refractivity contribution in [3.63, 3.8) is 0 Å². The molecule has 5 N–H and O–H groups in total. The van der Waals surface area contributed by atoms with Crippen molar-refractivity contribution in [2.45, 2.75) is 25.2 Å². The molecule has 0 aliphatic rings. The van der Waals surface area contributed by atoms with Crippen LogP contribution in [-0.2, 0) is 4.79 Å². The quantitative estimate of drug-likeness (QED) is 0.324. The van der Waals surface area contributed by atoms with E-state index in [1.165, 1.54) is 6.92 Å². The van der Waals surface area contributed by atoms with E-state index in [2.05, 4.69) is 5.32 Å². The zero-order valence-electron chi connectivity index (χ0n) is 7.34. The minimum absolute atomic E-state index is 0.154. The van der Waals surface area contributed by atoms with Crippen LogP contribution in [-0.4, -0.2) is 57.8 Å². The summed E-state index contributed by atoms with van der Waals surface area (Å²) in [5.74, 6) is -0.775. The number of carbonyl (C=O) groups is 1. The molecular weight excluding hydrogens is 178 g/mol. The Morgan fingerprint density at radius 1 is 1.38 bits per heavy atom. The van der Waals surface area contributed by atoms with Crippen molar-refractivity contribution in [3.8, 4) is 0 Å². The zero-order chi connectivity index (χ0) is 10.4. The molecule has 6 nitrogen and oxygen atoms in total. The first-order valence-electron chi connectivity index (χ1n) is 3.91.